The van der Waals surface area contributed by atoms with Crippen LogP contribution >= 0.6 is 12.4 Å². The van der Waals surface area contributed by atoms with Crippen LogP contribution in [0.4, 0.5) is 0 Å². The van der Waals surface area contributed by atoms with E-state index in [0.29, 0.717) is 17.4 Å². The second-order valence-electron chi connectivity index (χ2n) is 4.85. The molecule has 0 aromatic heterocycles. The molecule has 110 valence electrons. The summed E-state index contributed by atoms with van der Waals surface area (Å²) in [5.74, 6) is 1.42. The van der Waals surface area contributed by atoms with Gasteiger partial charge in [0.25, 0.3) is 0 Å². The number of benzene rings is 1. The van der Waals surface area contributed by atoms with Gasteiger partial charge in [-0.25, -0.2) is 0 Å². The summed E-state index contributed by atoms with van der Waals surface area (Å²) in [6, 6.07) is 3.46. The van der Waals surface area contributed by atoms with Crippen molar-refractivity contribution in [3.63, 3.8) is 0 Å². The molecule has 0 heterocycles. The molecule has 0 saturated heterocycles. The number of nitrogens with two attached hydrogens (primary N) is 1. The first-order chi connectivity index (χ1) is 8.49. The second kappa shape index (κ2) is 8.12. The van der Waals surface area contributed by atoms with Crippen LogP contribution < -0.4 is 15.2 Å². The number of rotatable bonds is 6. The number of aromatic hydroxyl groups is 1. The molecule has 0 fully saturated rings. The number of phenolic OH excluding ortho intramolecular Hbond substituents is 1. The van der Waals surface area contributed by atoms with E-state index in [4.69, 9.17) is 15.2 Å². The fourth-order valence-electron chi connectivity index (χ4n) is 1.81. The lowest BCUT2D eigenvalue weighted by atomic mass is 9.98. The van der Waals surface area contributed by atoms with E-state index in [0.717, 1.165) is 18.4 Å². The third-order valence-electron chi connectivity index (χ3n) is 2.99. The predicted molar refractivity (Wildman–Crippen MR) is 79.5 cm³/mol. The highest BCUT2D eigenvalue weighted by Crippen LogP contribution is 2.39. The van der Waals surface area contributed by atoms with Crippen molar-refractivity contribution in [1.82, 2.24) is 0 Å². The van der Waals surface area contributed by atoms with Crippen molar-refractivity contribution in [3.8, 4) is 17.2 Å². The van der Waals surface area contributed by atoms with Gasteiger partial charge < -0.3 is 20.3 Å². The first kappa shape index (κ1) is 17.9. The summed E-state index contributed by atoms with van der Waals surface area (Å²) < 4.78 is 10.2. The molecule has 0 amide bonds. The molecule has 0 aliphatic rings. The summed E-state index contributed by atoms with van der Waals surface area (Å²) in [6.07, 6.45) is 1.96. The van der Waals surface area contributed by atoms with E-state index in [1.54, 1.807) is 12.1 Å². The van der Waals surface area contributed by atoms with Crippen molar-refractivity contribution in [2.24, 2.45) is 11.7 Å². The Hall–Kier alpha value is -1.13. The monoisotopic (exact) mass is 289 g/mol. The zero-order chi connectivity index (χ0) is 13.7. The summed E-state index contributed by atoms with van der Waals surface area (Å²) in [5, 5.41) is 9.82. The van der Waals surface area contributed by atoms with Gasteiger partial charge in [-0.3, -0.25) is 0 Å². The molecular weight excluding hydrogens is 266 g/mol. The molecule has 0 spiro atoms. The average molecular weight is 290 g/mol. The number of hydrogen-bond acceptors (Lipinski definition) is 4. The van der Waals surface area contributed by atoms with Gasteiger partial charge in [-0.15, -0.1) is 12.4 Å². The van der Waals surface area contributed by atoms with Crippen LogP contribution in [0.2, 0.25) is 0 Å². The van der Waals surface area contributed by atoms with Crippen LogP contribution in [0, 0.1) is 5.92 Å². The number of ether oxygens (including phenoxy) is 2. The van der Waals surface area contributed by atoms with E-state index < -0.39 is 0 Å². The lowest BCUT2D eigenvalue weighted by molar-refractivity contribution is 0.338. The molecule has 1 aromatic carbocycles. The molecule has 0 saturated carbocycles. The third kappa shape index (κ3) is 4.80. The van der Waals surface area contributed by atoms with E-state index in [9.17, 15) is 5.11 Å². The Morgan fingerprint density at radius 1 is 1.11 bits per heavy atom. The van der Waals surface area contributed by atoms with Crippen molar-refractivity contribution in [3.05, 3.63) is 17.7 Å². The van der Waals surface area contributed by atoms with Gasteiger partial charge in [-0.1, -0.05) is 13.8 Å². The lowest BCUT2D eigenvalue weighted by Crippen LogP contribution is -2.11. The predicted octanol–water partition coefficient (Wildman–Crippen LogP) is 3.27. The molecular formula is C14H24ClNO3. The Morgan fingerprint density at radius 3 is 1.95 bits per heavy atom. The maximum Gasteiger partial charge on any atom is 0.200 e. The highest BCUT2D eigenvalue weighted by Gasteiger charge is 2.15. The fraction of sp³-hybridized carbons (Fsp3) is 0.571. The molecule has 0 radical (unpaired) electrons. The van der Waals surface area contributed by atoms with Gasteiger partial charge in [0.05, 0.1) is 14.2 Å². The van der Waals surface area contributed by atoms with Crippen LogP contribution in [0.1, 0.15) is 38.3 Å². The molecule has 0 aliphatic heterocycles. The van der Waals surface area contributed by atoms with Crippen molar-refractivity contribution in [2.45, 2.75) is 32.7 Å². The maximum atomic E-state index is 9.82. The average Bonchev–Trinajstić information content (AvgIpc) is 2.36. The van der Waals surface area contributed by atoms with E-state index in [2.05, 4.69) is 13.8 Å². The Kier molecular flexibility index (Phi) is 7.64. The van der Waals surface area contributed by atoms with Gasteiger partial charge in [0.15, 0.2) is 11.5 Å². The van der Waals surface area contributed by atoms with E-state index in [1.165, 1.54) is 14.2 Å². The summed E-state index contributed by atoms with van der Waals surface area (Å²) in [6.45, 7) is 4.34. The first-order valence-corrected chi connectivity index (χ1v) is 6.20. The molecule has 0 aliphatic carbocycles. The van der Waals surface area contributed by atoms with Crippen molar-refractivity contribution in [2.75, 3.05) is 14.2 Å². The van der Waals surface area contributed by atoms with Gasteiger partial charge >= 0.3 is 0 Å². The zero-order valence-electron chi connectivity index (χ0n) is 12.0. The van der Waals surface area contributed by atoms with Crippen LogP contribution in [0.5, 0.6) is 17.2 Å². The Labute approximate surface area is 121 Å². The highest BCUT2D eigenvalue weighted by molar-refractivity contribution is 5.85. The largest absolute Gasteiger partial charge is 0.502 e. The minimum absolute atomic E-state index is 0. The molecule has 0 unspecified atom stereocenters. The third-order valence-corrected chi connectivity index (χ3v) is 2.99. The quantitative estimate of drug-likeness (QED) is 0.843. The molecule has 1 atom stereocenters. The summed E-state index contributed by atoms with van der Waals surface area (Å²) in [4.78, 5) is 0. The highest BCUT2D eigenvalue weighted by atomic mass is 35.5. The molecule has 0 bridgehead atoms. The molecule has 1 rings (SSSR count). The van der Waals surface area contributed by atoms with Crippen LogP contribution in [-0.4, -0.2) is 19.3 Å². The Balaban J connectivity index is 0.00000324. The molecule has 3 N–H and O–H groups in total. The van der Waals surface area contributed by atoms with Crippen molar-refractivity contribution in [1.29, 1.82) is 0 Å². The van der Waals surface area contributed by atoms with Crippen LogP contribution in [-0.2, 0) is 0 Å². The van der Waals surface area contributed by atoms with Crippen LogP contribution in [0.3, 0.4) is 0 Å². The maximum absolute atomic E-state index is 9.82. The minimum Gasteiger partial charge on any atom is -0.502 e. The number of halogens is 1. The zero-order valence-corrected chi connectivity index (χ0v) is 12.8. The molecule has 4 nitrogen and oxygen atoms in total. The van der Waals surface area contributed by atoms with Gasteiger partial charge in [0.2, 0.25) is 5.75 Å². The minimum atomic E-state index is -0.0733. The number of hydrogen-bond donors (Lipinski definition) is 2. The lowest BCUT2D eigenvalue weighted by Gasteiger charge is -2.17. The smallest absolute Gasteiger partial charge is 0.200 e. The summed E-state index contributed by atoms with van der Waals surface area (Å²) >= 11 is 0. The number of methoxy groups -OCH3 is 2. The second-order valence-corrected chi connectivity index (χ2v) is 4.85. The van der Waals surface area contributed by atoms with Crippen molar-refractivity contribution >= 4 is 12.4 Å². The Bertz CT molecular complexity index is 371. The van der Waals surface area contributed by atoms with Gasteiger partial charge in [-0.2, -0.15) is 0 Å². The Morgan fingerprint density at radius 2 is 1.58 bits per heavy atom. The van der Waals surface area contributed by atoms with E-state index in [-0.39, 0.29) is 24.2 Å². The van der Waals surface area contributed by atoms with Crippen LogP contribution in [0.15, 0.2) is 12.1 Å². The topological polar surface area (TPSA) is 64.7 Å². The summed E-state index contributed by atoms with van der Waals surface area (Å²) in [5.41, 5.74) is 7.07. The fourth-order valence-corrected chi connectivity index (χ4v) is 1.81. The molecule has 19 heavy (non-hydrogen) atoms. The SMILES string of the molecule is COc1cc([C@@H](N)CCC(C)C)cc(OC)c1O.Cl. The van der Waals surface area contributed by atoms with Gasteiger partial charge in [0.1, 0.15) is 0 Å². The normalized spacial score (nSPS) is 11.9. The van der Waals surface area contributed by atoms with Gasteiger partial charge in [-0.05, 0) is 36.5 Å². The summed E-state index contributed by atoms with van der Waals surface area (Å²) in [7, 11) is 3.02. The molecule has 5 heteroatoms. The number of phenols is 1. The standard InChI is InChI=1S/C14H23NO3.ClH/c1-9(2)5-6-11(15)10-7-12(17-3)14(16)13(8-10)18-4;/h7-9,11,16H,5-6,15H2,1-4H3;1H/t11-;/m0./s1. The van der Waals surface area contributed by atoms with Crippen molar-refractivity contribution < 1.29 is 14.6 Å². The van der Waals surface area contributed by atoms with E-state index >= 15 is 0 Å². The van der Waals surface area contributed by atoms with Gasteiger partial charge in [0, 0.05) is 6.04 Å². The first-order valence-electron chi connectivity index (χ1n) is 6.20. The molecule has 1 aromatic rings. The van der Waals surface area contributed by atoms with Crippen LogP contribution in [0.25, 0.3) is 0 Å². The van der Waals surface area contributed by atoms with E-state index in [1.807, 2.05) is 0 Å².